The Balaban J connectivity index is 2.14. The number of likely N-dealkylation sites (tertiary alicyclic amines) is 1. The van der Waals surface area contributed by atoms with E-state index in [0.29, 0.717) is 43.2 Å². The van der Waals surface area contributed by atoms with Crippen LogP contribution in [0.2, 0.25) is 0 Å². The Morgan fingerprint density at radius 3 is 2.18 bits per heavy atom. The minimum Gasteiger partial charge on any atom is -0.507 e. The highest BCUT2D eigenvalue weighted by molar-refractivity contribution is 6.46. The molecule has 8 nitrogen and oxygen atoms in total. The number of ether oxygens (including phenoxy) is 2. The SMILES string of the molecule is CCOc1ccc(/C(O)=C2/C(=O)C(=O)N(CCCN(C)C)C2c2ccc(N(CC)CC)cc2)c(OCC)c1. The summed E-state index contributed by atoms with van der Waals surface area (Å²) in [5, 5.41) is 11.6. The van der Waals surface area contributed by atoms with E-state index in [0.717, 1.165) is 30.9 Å². The number of hydrogen-bond acceptors (Lipinski definition) is 7. The maximum atomic E-state index is 13.4. The first-order valence-corrected chi connectivity index (χ1v) is 13.4. The molecule has 1 fully saturated rings. The lowest BCUT2D eigenvalue weighted by Gasteiger charge is -2.27. The fourth-order valence-corrected chi connectivity index (χ4v) is 4.85. The smallest absolute Gasteiger partial charge is 0.295 e. The van der Waals surface area contributed by atoms with Crippen LogP contribution in [0.15, 0.2) is 48.0 Å². The van der Waals surface area contributed by atoms with Crippen molar-refractivity contribution in [3.05, 3.63) is 59.2 Å². The molecule has 2 aromatic carbocycles. The number of benzene rings is 2. The van der Waals surface area contributed by atoms with Crippen LogP contribution in [0.5, 0.6) is 11.5 Å². The third-order valence-electron chi connectivity index (χ3n) is 6.70. The molecule has 1 unspecified atom stereocenters. The van der Waals surface area contributed by atoms with E-state index in [1.54, 1.807) is 23.1 Å². The summed E-state index contributed by atoms with van der Waals surface area (Å²) in [6.45, 7) is 11.7. The molecular formula is C30H41N3O5. The van der Waals surface area contributed by atoms with Crippen LogP contribution in [0.25, 0.3) is 5.76 Å². The second kappa shape index (κ2) is 13.3. The van der Waals surface area contributed by atoms with Gasteiger partial charge in [0.2, 0.25) is 0 Å². The molecule has 1 saturated heterocycles. The minimum absolute atomic E-state index is 0.0700. The number of carbonyl (C=O) groups excluding carboxylic acids is 2. The highest BCUT2D eigenvalue weighted by Gasteiger charge is 2.46. The maximum absolute atomic E-state index is 13.4. The Morgan fingerprint density at radius 2 is 1.61 bits per heavy atom. The van der Waals surface area contributed by atoms with Crippen LogP contribution in [0.1, 0.15) is 51.3 Å². The number of aliphatic hydroxyl groups excluding tert-OH is 1. The third-order valence-corrected chi connectivity index (χ3v) is 6.70. The van der Waals surface area contributed by atoms with Gasteiger partial charge in [-0.1, -0.05) is 12.1 Å². The highest BCUT2D eigenvalue weighted by atomic mass is 16.5. The maximum Gasteiger partial charge on any atom is 0.295 e. The first-order chi connectivity index (χ1) is 18.3. The Hall–Kier alpha value is -3.52. The number of aliphatic hydroxyl groups is 1. The zero-order chi connectivity index (χ0) is 27.8. The van der Waals surface area contributed by atoms with Crippen molar-refractivity contribution in [2.45, 2.75) is 40.2 Å². The second-order valence-corrected chi connectivity index (χ2v) is 9.44. The molecule has 0 spiro atoms. The summed E-state index contributed by atoms with van der Waals surface area (Å²) in [7, 11) is 3.94. The van der Waals surface area contributed by atoms with E-state index in [9.17, 15) is 14.7 Å². The molecule has 1 atom stereocenters. The van der Waals surface area contributed by atoms with Gasteiger partial charge in [-0.15, -0.1) is 0 Å². The molecular weight excluding hydrogens is 482 g/mol. The Kier molecular flexibility index (Phi) is 10.2. The van der Waals surface area contributed by atoms with Crippen molar-refractivity contribution < 1.29 is 24.2 Å². The monoisotopic (exact) mass is 523 g/mol. The first-order valence-electron chi connectivity index (χ1n) is 13.4. The number of rotatable bonds is 13. The quantitative estimate of drug-likeness (QED) is 0.231. The van der Waals surface area contributed by atoms with Crippen LogP contribution in [0.3, 0.4) is 0 Å². The van der Waals surface area contributed by atoms with E-state index in [1.165, 1.54) is 0 Å². The Morgan fingerprint density at radius 1 is 0.947 bits per heavy atom. The van der Waals surface area contributed by atoms with E-state index in [1.807, 2.05) is 57.1 Å². The summed E-state index contributed by atoms with van der Waals surface area (Å²) >= 11 is 0. The van der Waals surface area contributed by atoms with Crippen LogP contribution >= 0.6 is 0 Å². The summed E-state index contributed by atoms with van der Waals surface area (Å²) in [4.78, 5) is 32.6. The van der Waals surface area contributed by atoms with Crippen LogP contribution in [0, 0.1) is 0 Å². The summed E-state index contributed by atoms with van der Waals surface area (Å²) in [5.41, 5.74) is 2.26. The third kappa shape index (κ3) is 6.30. The lowest BCUT2D eigenvalue weighted by atomic mass is 9.94. The van der Waals surface area contributed by atoms with Gasteiger partial charge in [-0.25, -0.2) is 0 Å². The molecule has 0 aromatic heterocycles. The van der Waals surface area contributed by atoms with Crippen molar-refractivity contribution in [2.24, 2.45) is 0 Å². The Labute approximate surface area is 226 Å². The van der Waals surface area contributed by atoms with E-state index < -0.39 is 17.7 Å². The zero-order valence-electron chi connectivity index (χ0n) is 23.5. The second-order valence-electron chi connectivity index (χ2n) is 9.44. The average molecular weight is 524 g/mol. The van der Waals surface area contributed by atoms with Gasteiger partial charge in [0.25, 0.3) is 11.7 Å². The largest absolute Gasteiger partial charge is 0.507 e. The fraction of sp³-hybridized carbons (Fsp3) is 0.467. The number of anilines is 1. The highest BCUT2D eigenvalue weighted by Crippen LogP contribution is 2.42. The molecule has 8 heteroatoms. The van der Waals surface area contributed by atoms with E-state index in [2.05, 4.69) is 18.7 Å². The fourth-order valence-electron chi connectivity index (χ4n) is 4.85. The Bertz CT molecular complexity index is 1140. The lowest BCUT2D eigenvalue weighted by Crippen LogP contribution is -2.32. The first kappa shape index (κ1) is 29.0. The number of carbonyl (C=O) groups is 2. The number of Topliss-reactive ketones (excluding diaryl/α,β-unsaturated/α-hetero) is 1. The predicted octanol–water partition coefficient (Wildman–Crippen LogP) is 4.70. The van der Waals surface area contributed by atoms with Gasteiger partial charge in [0, 0.05) is 31.4 Å². The van der Waals surface area contributed by atoms with Crippen molar-refractivity contribution in [3.63, 3.8) is 0 Å². The molecule has 0 aliphatic carbocycles. The summed E-state index contributed by atoms with van der Waals surface area (Å²) < 4.78 is 11.4. The minimum atomic E-state index is -0.705. The molecule has 3 rings (SSSR count). The summed E-state index contributed by atoms with van der Waals surface area (Å²) in [6, 6.07) is 12.3. The molecule has 0 radical (unpaired) electrons. The number of amides is 1. The molecule has 2 aromatic rings. The molecule has 0 bridgehead atoms. The van der Waals surface area contributed by atoms with Gasteiger partial charge in [-0.05, 0) is 84.6 Å². The van der Waals surface area contributed by atoms with Gasteiger partial charge in [-0.2, -0.15) is 0 Å². The van der Waals surface area contributed by atoms with Crippen molar-refractivity contribution in [2.75, 3.05) is 58.4 Å². The molecule has 1 amide bonds. The lowest BCUT2D eigenvalue weighted by molar-refractivity contribution is -0.139. The summed E-state index contributed by atoms with van der Waals surface area (Å²) in [5.74, 6) is -0.554. The molecule has 1 N–H and O–H groups in total. The number of nitrogens with zero attached hydrogens (tertiary/aromatic N) is 3. The van der Waals surface area contributed by atoms with Crippen molar-refractivity contribution >= 4 is 23.1 Å². The van der Waals surface area contributed by atoms with E-state index in [-0.39, 0.29) is 11.3 Å². The van der Waals surface area contributed by atoms with E-state index >= 15 is 0 Å². The number of ketones is 1. The van der Waals surface area contributed by atoms with Gasteiger partial charge in [0.15, 0.2) is 0 Å². The van der Waals surface area contributed by atoms with Gasteiger partial charge in [0.1, 0.15) is 17.3 Å². The van der Waals surface area contributed by atoms with Gasteiger partial charge < -0.3 is 29.3 Å². The predicted molar refractivity (Wildman–Crippen MR) is 151 cm³/mol. The number of hydrogen-bond donors (Lipinski definition) is 1. The molecule has 1 heterocycles. The van der Waals surface area contributed by atoms with E-state index in [4.69, 9.17) is 9.47 Å². The van der Waals surface area contributed by atoms with Gasteiger partial charge in [-0.3, -0.25) is 9.59 Å². The molecule has 38 heavy (non-hydrogen) atoms. The summed E-state index contributed by atoms with van der Waals surface area (Å²) in [6.07, 6.45) is 0.696. The van der Waals surface area contributed by atoms with Crippen LogP contribution in [0.4, 0.5) is 5.69 Å². The van der Waals surface area contributed by atoms with Crippen LogP contribution in [-0.4, -0.2) is 80.1 Å². The standard InChI is InChI=1S/C30H41N3O5/c1-7-32(8-2)22-14-12-21(13-15-22)27-26(29(35)30(36)33(27)19-11-18-31(5)6)28(34)24-17-16-23(37-9-3)20-25(24)38-10-4/h12-17,20,27,34H,7-11,18-19H2,1-6H3/b28-26-. The van der Waals surface area contributed by atoms with Crippen LogP contribution in [-0.2, 0) is 9.59 Å². The molecule has 1 aliphatic rings. The van der Waals surface area contributed by atoms with Gasteiger partial charge in [0.05, 0.1) is 30.4 Å². The average Bonchev–Trinajstić information content (AvgIpc) is 3.15. The van der Waals surface area contributed by atoms with Gasteiger partial charge >= 0.3 is 0 Å². The van der Waals surface area contributed by atoms with Crippen molar-refractivity contribution in [1.82, 2.24) is 9.80 Å². The molecule has 0 saturated carbocycles. The normalized spacial score (nSPS) is 16.8. The zero-order valence-corrected chi connectivity index (χ0v) is 23.5. The molecule has 1 aliphatic heterocycles. The van der Waals surface area contributed by atoms with Crippen LogP contribution < -0.4 is 14.4 Å². The molecule has 206 valence electrons. The topological polar surface area (TPSA) is 82.5 Å². The van der Waals surface area contributed by atoms with Crippen molar-refractivity contribution in [1.29, 1.82) is 0 Å². The van der Waals surface area contributed by atoms with Crippen molar-refractivity contribution in [3.8, 4) is 11.5 Å².